The molecule has 0 amide bonds. The van der Waals surface area contributed by atoms with Gasteiger partial charge in [-0.2, -0.15) is 0 Å². The summed E-state index contributed by atoms with van der Waals surface area (Å²) < 4.78 is 2.37. The first-order valence-electron chi connectivity index (χ1n) is 6.43. The molecule has 0 bridgehead atoms. The Labute approximate surface area is 96.4 Å². The van der Waals surface area contributed by atoms with E-state index in [1.165, 1.54) is 37.3 Å². The predicted octanol–water partition coefficient (Wildman–Crippen LogP) is 1.26. The Bertz CT molecular complexity index is 376. The Morgan fingerprint density at radius 3 is 3.00 bits per heavy atom. The van der Waals surface area contributed by atoms with Crippen LogP contribution in [0.3, 0.4) is 0 Å². The van der Waals surface area contributed by atoms with Gasteiger partial charge in [-0.25, -0.2) is 0 Å². The number of hydrogen-bond acceptors (Lipinski definition) is 3. The van der Waals surface area contributed by atoms with Crippen LogP contribution in [0, 0.1) is 0 Å². The highest BCUT2D eigenvalue weighted by molar-refractivity contribution is 5.12. The number of nitrogens with one attached hydrogen (secondary N) is 1. The first kappa shape index (κ1) is 10.3. The van der Waals surface area contributed by atoms with Gasteiger partial charge in [-0.15, -0.1) is 10.2 Å². The quantitative estimate of drug-likeness (QED) is 0.774. The van der Waals surface area contributed by atoms with Crippen molar-refractivity contribution in [2.75, 3.05) is 13.1 Å². The van der Waals surface area contributed by atoms with Crippen LogP contribution in [-0.4, -0.2) is 27.9 Å². The number of hydrogen-bond donors (Lipinski definition) is 1. The summed E-state index contributed by atoms with van der Waals surface area (Å²) in [7, 11) is 0. The Kier molecular flexibility index (Phi) is 2.46. The van der Waals surface area contributed by atoms with Crippen LogP contribution in [0.4, 0.5) is 0 Å². The van der Waals surface area contributed by atoms with E-state index < -0.39 is 0 Å². The lowest BCUT2D eigenvalue weighted by Crippen LogP contribution is -2.43. The van der Waals surface area contributed by atoms with Crippen molar-refractivity contribution >= 4 is 0 Å². The van der Waals surface area contributed by atoms with E-state index in [1.807, 2.05) is 0 Å². The number of aryl methyl sites for hydroxylation is 1. The minimum absolute atomic E-state index is 0.195. The molecule has 16 heavy (non-hydrogen) atoms. The average molecular weight is 220 g/mol. The lowest BCUT2D eigenvalue weighted by molar-refractivity contribution is 0.307. The van der Waals surface area contributed by atoms with E-state index in [0.29, 0.717) is 0 Å². The van der Waals surface area contributed by atoms with Crippen LogP contribution in [0.2, 0.25) is 0 Å². The maximum Gasteiger partial charge on any atom is 0.140 e. The number of piperidine rings is 1. The van der Waals surface area contributed by atoms with Gasteiger partial charge in [-0.05, 0) is 32.2 Å². The van der Waals surface area contributed by atoms with Crippen molar-refractivity contribution in [1.29, 1.82) is 0 Å². The molecule has 0 saturated carbocycles. The van der Waals surface area contributed by atoms with Crippen molar-refractivity contribution in [3.05, 3.63) is 11.6 Å². The first-order chi connectivity index (χ1) is 7.80. The molecular weight excluding hydrogens is 200 g/mol. The zero-order valence-electron chi connectivity index (χ0n) is 10.00. The van der Waals surface area contributed by atoms with Gasteiger partial charge in [0.2, 0.25) is 0 Å². The smallest absolute Gasteiger partial charge is 0.140 e. The average Bonchev–Trinajstić information content (AvgIpc) is 2.74. The molecule has 88 valence electrons. The van der Waals surface area contributed by atoms with Crippen LogP contribution in [0.15, 0.2) is 0 Å². The first-order valence-corrected chi connectivity index (χ1v) is 6.43. The van der Waals surface area contributed by atoms with Crippen molar-refractivity contribution in [3.63, 3.8) is 0 Å². The molecule has 4 heteroatoms. The molecule has 4 nitrogen and oxygen atoms in total. The second-order valence-corrected chi connectivity index (χ2v) is 5.39. The fraction of sp³-hybridized carbons (Fsp3) is 0.833. The molecule has 1 unspecified atom stereocenters. The van der Waals surface area contributed by atoms with Crippen molar-refractivity contribution in [2.24, 2.45) is 0 Å². The van der Waals surface area contributed by atoms with Crippen LogP contribution in [0.25, 0.3) is 0 Å². The van der Waals surface area contributed by atoms with Gasteiger partial charge < -0.3 is 9.88 Å². The van der Waals surface area contributed by atoms with Crippen LogP contribution < -0.4 is 5.32 Å². The number of nitrogens with zero attached hydrogens (tertiary/aromatic N) is 3. The lowest BCUT2D eigenvalue weighted by atomic mass is 9.81. The summed E-state index contributed by atoms with van der Waals surface area (Å²) in [5, 5.41) is 12.3. The normalized spacial score (nSPS) is 30.1. The summed E-state index contributed by atoms with van der Waals surface area (Å²) in [6, 6.07) is 0. The summed E-state index contributed by atoms with van der Waals surface area (Å²) in [6.45, 7) is 5.64. The van der Waals surface area contributed by atoms with Gasteiger partial charge in [-0.3, -0.25) is 0 Å². The molecule has 0 aromatic carbocycles. The molecule has 3 rings (SSSR count). The highest BCUT2D eigenvalue weighted by Crippen LogP contribution is 2.31. The summed E-state index contributed by atoms with van der Waals surface area (Å²) in [4.78, 5) is 0. The predicted molar refractivity (Wildman–Crippen MR) is 62.4 cm³/mol. The van der Waals surface area contributed by atoms with Crippen LogP contribution in [0.5, 0.6) is 0 Å². The topological polar surface area (TPSA) is 42.7 Å². The fourth-order valence-corrected chi connectivity index (χ4v) is 3.00. The molecule has 1 N–H and O–H groups in total. The van der Waals surface area contributed by atoms with Gasteiger partial charge in [0.05, 0.1) is 0 Å². The van der Waals surface area contributed by atoms with Crippen LogP contribution >= 0.6 is 0 Å². The Morgan fingerprint density at radius 2 is 2.19 bits per heavy atom. The maximum absolute atomic E-state index is 4.47. The van der Waals surface area contributed by atoms with E-state index in [-0.39, 0.29) is 5.41 Å². The van der Waals surface area contributed by atoms with E-state index in [0.717, 1.165) is 26.1 Å². The van der Waals surface area contributed by atoms with Gasteiger partial charge in [-0.1, -0.05) is 6.92 Å². The third kappa shape index (κ3) is 1.56. The summed E-state index contributed by atoms with van der Waals surface area (Å²) >= 11 is 0. The summed E-state index contributed by atoms with van der Waals surface area (Å²) in [5.74, 6) is 2.42. The lowest BCUT2D eigenvalue weighted by Gasteiger charge is -2.34. The Morgan fingerprint density at radius 1 is 1.25 bits per heavy atom. The molecule has 0 spiro atoms. The molecule has 0 aliphatic carbocycles. The van der Waals surface area contributed by atoms with Crippen molar-refractivity contribution in [1.82, 2.24) is 20.1 Å². The Hall–Kier alpha value is -0.900. The number of fused-ring (bicyclic) bond motifs is 1. The molecule has 1 atom stereocenters. The molecule has 3 heterocycles. The summed E-state index contributed by atoms with van der Waals surface area (Å²) in [5.41, 5.74) is 0.195. The van der Waals surface area contributed by atoms with Gasteiger partial charge in [0.1, 0.15) is 11.6 Å². The van der Waals surface area contributed by atoms with Gasteiger partial charge in [0.15, 0.2) is 0 Å². The molecule has 1 fully saturated rings. The van der Waals surface area contributed by atoms with Gasteiger partial charge in [0.25, 0.3) is 0 Å². The molecule has 1 saturated heterocycles. The van der Waals surface area contributed by atoms with E-state index in [1.54, 1.807) is 0 Å². The second-order valence-electron chi connectivity index (χ2n) is 5.39. The third-order valence-electron chi connectivity index (χ3n) is 4.00. The maximum atomic E-state index is 4.47. The van der Waals surface area contributed by atoms with Crippen LogP contribution in [0.1, 0.15) is 44.3 Å². The highest BCUT2D eigenvalue weighted by atomic mass is 15.3. The second kappa shape index (κ2) is 3.84. The van der Waals surface area contributed by atoms with E-state index in [4.69, 9.17) is 0 Å². The van der Waals surface area contributed by atoms with Crippen molar-refractivity contribution < 1.29 is 0 Å². The molecule has 2 aliphatic rings. The van der Waals surface area contributed by atoms with E-state index in [2.05, 4.69) is 27.0 Å². The monoisotopic (exact) mass is 220 g/mol. The van der Waals surface area contributed by atoms with E-state index >= 15 is 0 Å². The van der Waals surface area contributed by atoms with Gasteiger partial charge in [0, 0.05) is 24.9 Å². The third-order valence-corrected chi connectivity index (χ3v) is 4.00. The molecular formula is C12H20N4. The van der Waals surface area contributed by atoms with Crippen molar-refractivity contribution in [3.8, 4) is 0 Å². The van der Waals surface area contributed by atoms with Gasteiger partial charge >= 0.3 is 0 Å². The Balaban J connectivity index is 1.95. The minimum Gasteiger partial charge on any atom is -0.316 e. The van der Waals surface area contributed by atoms with Crippen molar-refractivity contribution in [2.45, 2.75) is 51.0 Å². The standard InChI is InChI=1S/C12H20N4/c1-12(6-4-7-13-9-12)11-15-14-10-5-2-3-8-16(10)11/h13H,2-9H2,1H3. The summed E-state index contributed by atoms with van der Waals surface area (Å²) in [6.07, 6.45) is 6.14. The number of aromatic nitrogens is 3. The highest BCUT2D eigenvalue weighted by Gasteiger charge is 2.34. The fourth-order valence-electron chi connectivity index (χ4n) is 3.00. The van der Waals surface area contributed by atoms with E-state index in [9.17, 15) is 0 Å². The zero-order chi connectivity index (χ0) is 11.0. The zero-order valence-corrected chi connectivity index (χ0v) is 10.00. The SMILES string of the molecule is CC1(c2nnc3n2CCCC3)CCCNC1. The number of rotatable bonds is 1. The minimum atomic E-state index is 0.195. The molecule has 0 radical (unpaired) electrons. The molecule has 1 aromatic rings. The molecule has 1 aromatic heterocycles. The largest absolute Gasteiger partial charge is 0.316 e. The molecule has 2 aliphatic heterocycles. The van der Waals surface area contributed by atoms with Crippen LogP contribution in [-0.2, 0) is 18.4 Å².